The molecule has 0 bridgehead atoms. The molecule has 0 aliphatic heterocycles. The molecule has 0 fully saturated rings. The molecule has 0 spiro atoms. The highest BCUT2D eigenvalue weighted by Crippen LogP contribution is 2.15. The Kier molecular flexibility index (Phi) is 5.93. The third-order valence-electron chi connectivity index (χ3n) is 2.85. The van der Waals surface area contributed by atoms with E-state index >= 15 is 0 Å². The number of likely N-dealkylation sites (N-methyl/N-ethyl adjacent to an activating group) is 1. The van der Waals surface area contributed by atoms with Crippen molar-refractivity contribution in [2.75, 3.05) is 34.2 Å². The van der Waals surface area contributed by atoms with Gasteiger partial charge in [0.05, 0.1) is 4.90 Å². The summed E-state index contributed by atoms with van der Waals surface area (Å²) in [5.41, 5.74) is 2.08. The lowest BCUT2D eigenvalue weighted by Gasteiger charge is -2.12. The molecule has 5 nitrogen and oxygen atoms in total. The predicted octanol–water partition coefficient (Wildman–Crippen LogP) is 0.554. The SMILES string of the molecule is CNCc1cc(S(=O)(=O)NCCN(C)C)ccc1C. The molecule has 0 aliphatic rings. The number of rotatable bonds is 7. The van der Waals surface area contributed by atoms with Crippen molar-refractivity contribution in [1.82, 2.24) is 14.9 Å². The summed E-state index contributed by atoms with van der Waals surface area (Å²) < 4.78 is 26.9. The van der Waals surface area contributed by atoms with E-state index in [1.807, 2.05) is 39.0 Å². The molecule has 0 amide bonds. The largest absolute Gasteiger partial charge is 0.316 e. The van der Waals surface area contributed by atoms with Gasteiger partial charge in [-0.15, -0.1) is 0 Å². The summed E-state index contributed by atoms with van der Waals surface area (Å²) in [6.45, 7) is 3.72. The second kappa shape index (κ2) is 7.00. The van der Waals surface area contributed by atoms with Crippen LogP contribution in [0.4, 0.5) is 0 Å². The standard InChI is InChI=1S/C13H23N3O2S/c1-11-5-6-13(9-12(11)10-14-2)19(17,18)15-7-8-16(3)4/h5-6,9,14-15H,7-8,10H2,1-4H3. The van der Waals surface area contributed by atoms with E-state index in [4.69, 9.17) is 0 Å². The van der Waals surface area contributed by atoms with Gasteiger partial charge >= 0.3 is 0 Å². The number of hydrogen-bond acceptors (Lipinski definition) is 4. The number of nitrogens with zero attached hydrogens (tertiary/aromatic N) is 1. The zero-order chi connectivity index (χ0) is 14.5. The van der Waals surface area contributed by atoms with Gasteiger partial charge in [0.25, 0.3) is 0 Å². The normalized spacial score (nSPS) is 12.1. The zero-order valence-corrected chi connectivity index (χ0v) is 12.8. The summed E-state index contributed by atoms with van der Waals surface area (Å²) >= 11 is 0. The smallest absolute Gasteiger partial charge is 0.240 e. The van der Waals surface area contributed by atoms with Crippen molar-refractivity contribution in [3.63, 3.8) is 0 Å². The topological polar surface area (TPSA) is 61.4 Å². The summed E-state index contributed by atoms with van der Waals surface area (Å²) in [6, 6.07) is 5.21. The Balaban J connectivity index is 2.86. The van der Waals surface area contributed by atoms with Gasteiger partial charge in [0.1, 0.15) is 0 Å². The molecule has 0 unspecified atom stereocenters. The van der Waals surface area contributed by atoms with Crippen molar-refractivity contribution in [3.8, 4) is 0 Å². The molecule has 0 heterocycles. The lowest BCUT2D eigenvalue weighted by molar-refractivity contribution is 0.412. The maximum Gasteiger partial charge on any atom is 0.240 e. The molecule has 0 radical (unpaired) electrons. The first kappa shape index (κ1) is 16.1. The fourth-order valence-corrected chi connectivity index (χ4v) is 2.75. The Morgan fingerprint density at radius 1 is 1.26 bits per heavy atom. The average molecular weight is 285 g/mol. The van der Waals surface area contributed by atoms with E-state index in [2.05, 4.69) is 10.0 Å². The first-order chi connectivity index (χ1) is 8.86. The van der Waals surface area contributed by atoms with Gasteiger partial charge in [-0.3, -0.25) is 0 Å². The Morgan fingerprint density at radius 2 is 1.95 bits per heavy atom. The molecule has 1 rings (SSSR count). The van der Waals surface area contributed by atoms with E-state index in [0.29, 0.717) is 24.5 Å². The first-order valence-electron chi connectivity index (χ1n) is 6.25. The first-order valence-corrected chi connectivity index (χ1v) is 7.73. The summed E-state index contributed by atoms with van der Waals surface area (Å²) in [5.74, 6) is 0. The summed E-state index contributed by atoms with van der Waals surface area (Å²) in [4.78, 5) is 2.26. The van der Waals surface area contributed by atoms with Crippen LogP contribution < -0.4 is 10.0 Å². The third-order valence-corrected chi connectivity index (χ3v) is 4.31. The van der Waals surface area contributed by atoms with E-state index in [1.165, 1.54) is 0 Å². The summed E-state index contributed by atoms with van der Waals surface area (Å²) in [6.07, 6.45) is 0. The molecule has 108 valence electrons. The second-order valence-electron chi connectivity index (χ2n) is 4.82. The quantitative estimate of drug-likeness (QED) is 0.768. The van der Waals surface area contributed by atoms with E-state index < -0.39 is 10.0 Å². The fraction of sp³-hybridized carbons (Fsp3) is 0.538. The Hall–Kier alpha value is -0.950. The van der Waals surface area contributed by atoms with Crippen LogP contribution in [0.3, 0.4) is 0 Å². The monoisotopic (exact) mass is 285 g/mol. The van der Waals surface area contributed by atoms with Gasteiger partial charge in [-0.1, -0.05) is 6.07 Å². The molecule has 1 aromatic rings. The van der Waals surface area contributed by atoms with Crippen LogP contribution >= 0.6 is 0 Å². The molecular weight excluding hydrogens is 262 g/mol. The van der Waals surface area contributed by atoms with Crippen molar-refractivity contribution in [1.29, 1.82) is 0 Å². The molecular formula is C13H23N3O2S. The highest BCUT2D eigenvalue weighted by Gasteiger charge is 2.14. The number of nitrogens with one attached hydrogen (secondary N) is 2. The van der Waals surface area contributed by atoms with Gasteiger partial charge in [0, 0.05) is 19.6 Å². The minimum atomic E-state index is -3.42. The lowest BCUT2D eigenvalue weighted by atomic mass is 10.1. The van der Waals surface area contributed by atoms with Crippen LogP contribution in [-0.2, 0) is 16.6 Å². The van der Waals surface area contributed by atoms with Crippen LogP contribution in [0.15, 0.2) is 23.1 Å². The average Bonchev–Trinajstić information content (AvgIpc) is 2.31. The molecule has 0 aromatic heterocycles. The van der Waals surface area contributed by atoms with Crippen LogP contribution in [0.1, 0.15) is 11.1 Å². The van der Waals surface area contributed by atoms with Crippen molar-refractivity contribution in [2.45, 2.75) is 18.4 Å². The van der Waals surface area contributed by atoms with Crippen molar-refractivity contribution < 1.29 is 8.42 Å². The summed E-state index contributed by atoms with van der Waals surface area (Å²) in [5, 5.41) is 3.04. The van der Waals surface area contributed by atoms with Gasteiger partial charge in [0.15, 0.2) is 0 Å². The van der Waals surface area contributed by atoms with Gasteiger partial charge in [-0.05, 0) is 51.3 Å². The molecule has 19 heavy (non-hydrogen) atoms. The second-order valence-corrected chi connectivity index (χ2v) is 6.59. The maximum absolute atomic E-state index is 12.1. The van der Waals surface area contributed by atoms with Gasteiger partial charge in [-0.2, -0.15) is 0 Å². The van der Waals surface area contributed by atoms with E-state index in [-0.39, 0.29) is 0 Å². The number of benzene rings is 1. The molecule has 0 aliphatic carbocycles. The van der Waals surface area contributed by atoms with Crippen molar-refractivity contribution in [2.24, 2.45) is 0 Å². The van der Waals surface area contributed by atoms with Crippen LogP contribution in [0.5, 0.6) is 0 Å². The van der Waals surface area contributed by atoms with Crippen molar-refractivity contribution in [3.05, 3.63) is 29.3 Å². The van der Waals surface area contributed by atoms with Crippen LogP contribution in [0.2, 0.25) is 0 Å². The van der Waals surface area contributed by atoms with Gasteiger partial charge in [0.2, 0.25) is 10.0 Å². The molecule has 0 atom stereocenters. The van der Waals surface area contributed by atoms with Crippen LogP contribution in [0, 0.1) is 6.92 Å². The van der Waals surface area contributed by atoms with E-state index in [1.54, 1.807) is 12.1 Å². The third kappa shape index (κ3) is 4.91. The molecule has 6 heteroatoms. The number of aryl methyl sites for hydroxylation is 1. The summed E-state index contributed by atoms with van der Waals surface area (Å²) in [7, 11) is 2.24. The highest BCUT2D eigenvalue weighted by molar-refractivity contribution is 7.89. The number of hydrogen-bond donors (Lipinski definition) is 2. The Bertz CT molecular complexity index is 513. The maximum atomic E-state index is 12.1. The zero-order valence-electron chi connectivity index (χ0n) is 12.0. The Morgan fingerprint density at radius 3 is 2.53 bits per heavy atom. The molecule has 2 N–H and O–H groups in total. The molecule has 0 saturated carbocycles. The van der Waals surface area contributed by atoms with E-state index in [9.17, 15) is 8.42 Å². The van der Waals surface area contributed by atoms with Crippen molar-refractivity contribution >= 4 is 10.0 Å². The van der Waals surface area contributed by atoms with Gasteiger partial charge < -0.3 is 10.2 Å². The molecule has 1 aromatic carbocycles. The van der Waals surface area contributed by atoms with E-state index in [0.717, 1.165) is 11.1 Å². The highest BCUT2D eigenvalue weighted by atomic mass is 32.2. The number of sulfonamides is 1. The minimum absolute atomic E-state index is 0.321. The Labute approximate surface area is 116 Å². The predicted molar refractivity (Wildman–Crippen MR) is 77.7 cm³/mol. The molecule has 0 saturated heterocycles. The van der Waals surface area contributed by atoms with Crippen LogP contribution in [0.25, 0.3) is 0 Å². The van der Waals surface area contributed by atoms with Crippen LogP contribution in [-0.4, -0.2) is 47.6 Å². The fourth-order valence-electron chi connectivity index (χ4n) is 1.68. The lowest BCUT2D eigenvalue weighted by Crippen LogP contribution is -2.31. The minimum Gasteiger partial charge on any atom is -0.316 e. The van der Waals surface area contributed by atoms with Gasteiger partial charge in [-0.25, -0.2) is 13.1 Å².